The lowest BCUT2D eigenvalue weighted by Gasteiger charge is -2.25. The van der Waals surface area contributed by atoms with Gasteiger partial charge in [0, 0.05) is 25.2 Å². The summed E-state index contributed by atoms with van der Waals surface area (Å²) in [6.07, 6.45) is 5.44. The fourth-order valence-electron chi connectivity index (χ4n) is 4.87. The first-order valence-corrected chi connectivity index (χ1v) is 12.2. The Morgan fingerprint density at radius 3 is 2.51 bits per heavy atom. The molecule has 2 N–H and O–H groups in total. The van der Waals surface area contributed by atoms with E-state index in [1.165, 1.54) is 0 Å². The summed E-state index contributed by atoms with van der Waals surface area (Å²) in [7, 11) is 4.73. The molecule has 1 aliphatic rings. The Kier molecular flexibility index (Phi) is 6.74. The Hall–Kier alpha value is -4.06. The Morgan fingerprint density at radius 2 is 1.86 bits per heavy atom. The minimum absolute atomic E-state index is 0.0227. The fraction of sp³-hybridized carbons (Fsp3) is 0.440. The molecule has 0 saturated carbocycles. The number of benzene rings is 1. The second kappa shape index (κ2) is 10.1. The van der Waals surface area contributed by atoms with Crippen LogP contribution in [0.25, 0.3) is 16.7 Å². The Morgan fingerprint density at radius 1 is 1.11 bits per heavy atom. The first-order chi connectivity index (χ1) is 18.0. The molecular weight excluding hydrogens is 476 g/mol. The highest BCUT2D eigenvalue weighted by Gasteiger charge is 2.29. The fourth-order valence-corrected chi connectivity index (χ4v) is 4.87. The highest BCUT2D eigenvalue weighted by Crippen LogP contribution is 2.39. The van der Waals surface area contributed by atoms with E-state index in [9.17, 15) is 5.11 Å². The zero-order chi connectivity index (χ0) is 26.1. The molecule has 5 rings (SSSR count). The number of ether oxygens (including phenoxy) is 3. The van der Waals surface area contributed by atoms with E-state index in [2.05, 4.69) is 20.3 Å². The van der Waals surface area contributed by atoms with Crippen LogP contribution in [0.4, 0.5) is 17.6 Å². The molecule has 0 aliphatic carbocycles. The van der Waals surface area contributed by atoms with Gasteiger partial charge in [-0.15, -0.1) is 0 Å². The van der Waals surface area contributed by atoms with Crippen molar-refractivity contribution in [3.8, 4) is 22.9 Å². The predicted molar refractivity (Wildman–Crippen MR) is 140 cm³/mol. The summed E-state index contributed by atoms with van der Waals surface area (Å²) in [5.41, 5.74) is 2.41. The maximum atomic E-state index is 9.95. The number of hydrogen-bond donors (Lipinski definition) is 2. The monoisotopic (exact) mass is 508 g/mol. The number of nitrogens with zero attached hydrogens (tertiary/aromatic N) is 7. The van der Waals surface area contributed by atoms with Crippen molar-refractivity contribution in [2.45, 2.75) is 39.3 Å². The molecule has 1 saturated heterocycles. The van der Waals surface area contributed by atoms with Crippen molar-refractivity contribution >= 4 is 28.6 Å². The van der Waals surface area contributed by atoms with Gasteiger partial charge < -0.3 is 34.1 Å². The molecule has 0 spiro atoms. The summed E-state index contributed by atoms with van der Waals surface area (Å²) in [6.45, 7) is 5.58. The van der Waals surface area contributed by atoms with E-state index in [0.29, 0.717) is 35.6 Å². The molecular formula is C25H32N8O4. The average molecular weight is 509 g/mol. The molecule has 1 aliphatic heterocycles. The molecule has 12 heteroatoms. The first-order valence-electron chi connectivity index (χ1n) is 12.2. The van der Waals surface area contributed by atoms with Gasteiger partial charge in [0.25, 0.3) is 0 Å². The number of imidazole rings is 1. The lowest BCUT2D eigenvalue weighted by molar-refractivity contribution is 0.266. The van der Waals surface area contributed by atoms with Gasteiger partial charge in [0.15, 0.2) is 23.0 Å². The van der Waals surface area contributed by atoms with E-state index in [-0.39, 0.29) is 12.6 Å². The third-order valence-corrected chi connectivity index (χ3v) is 6.68. The zero-order valence-electron chi connectivity index (χ0n) is 21.7. The van der Waals surface area contributed by atoms with Crippen LogP contribution < -0.4 is 24.4 Å². The van der Waals surface area contributed by atoms with E-state index in [0.717, 1.165) is 47.6 Å². The van der Waals surface area contributed by atoms with Crippen molar-refractivity contribution in [3.05, 3.63) is 30.4 Å². The van der Waals surface area contributed by atoms with Gasteiger partial charge in [-0.25, -0.2) is 9.67 Å². The smallest absolute Gasteiger partial charge is 0.232 e. The summed E-state index contributed by atoms with van der Waals surface area (Å²) in [4.78, 5) is 16.3. The molecule has 1 aromatic carbocycles. The second-order valence-corrected chi connectivity index (χ2v) is 8.82. The maximum absolute atomic E-state index is 9.95. The topological polar surface area (TPSA) is 125 Å². The Balaban J connectivity index is 1.52. The minimum Gasteiger partial charge on any atom is -0.493 e. The van der Waals surface area contributed by atoms with Crippen molar-refractivity contribution in [3.63, 3.8) is 0 Å². The second-order valence-electron chi connectivity index (χ2n) is 8.82. The molecule has 4 heterocycles. The van der Waals surface area contributed by atoms with Gasteiger partial charge in [-0.05, 0) is 26.7 Å². The number of anilines is 3. The number of aromatic nitrogens is 6. The van der Waals surface area contributed by atoms with Crippen LogP contribution in [-0.2, 0) is 6.54 Å². The molecule has 1 atom stereocenters. The molecule has 0 amide bonds. The minimum atomic E-state index is 0.0227. The third kappa shape index (κ3) is 4.37. The predicted octanol–water partition coefficient (Wildman–Crippen LogP) is 3.07. The van der Waals surface area contributed by atoms with E-state index in [1.807, 2.05) is 41.4 Å². The van der Waals surface area contributed by atoms with Gasteiger partial charge in [0.1, 0.15) is 12.1 Å². The standard InChI is InChI=1S/C25H32N8O4/c1-6-33-24-21(15(2)30-33)23(32-9-7-8-16(32)13-34)28-25(29-24)27-20-12-31(14-26-20)17-10-18(35-3)22(37-5)19(11-17)36-4/h10-12,14,16,34H,6-9,13H2,1-5H3,(H,27,28,29). The van der Waals surface area contributed by atoms with E-state index in [1.54, 1.807) is 27.7 Å². The van der Waals surface area contributed by atoms with Crippen LogP contribution in [0.15, 0.2) is 24.7 Å². The van der Waals surface area contributed by atoms with Crippen LogP contribution in [-0.4, -0.2) is 74.9 Å². The summed E-state index contributed by atoms with van der Waals surface area (Å²) >= 11 is 0. The Labute approximate surface area is 214 Å². The van der Waals surface area contributed by atoms with E-state index in [4.69, 9.17) is 24.2 Å². The van der Waals surface area contributed by atoms with Crippen molar-refractivity contribution in [2.24, 2.45) is 0 Å². The van der Waals surface area contributed by atoms with Crippen LogP contribution in [0.1, 0.15) is 25.5 Å². The van der Waals surface area contributed by atoms with Crippen molar-refractivity contribution in [1.82, 2.24) is 29.3 Å². The van der Waals surface area contributed by atoms with Gasteiger partial charge in [0.05, 0.1) is 56.9 Å². The average Bonchev–Trinajstić information content (AvgIpc) is 3.66. The number of aliphatic hydroxyl groups excluding tert-OH is 1. The molecule has 3 aromatic heterocycles. The Bertz CT molecular complexity index is 1390. The number of hydrogen-bond acceptors (Lipinski definition) is 10. The SMILES string of the molecule is CCn1nc(C)c2c(N3CCCC3CO)nc(Nc3cn(-c4cc(OC)c(OC)c(OC)c4)cn3)nc21. The van der Waals surface area contributed by atoms with Gasteiger partial charge in [0.2, 0.25) is 11.7 Å². The number of fused-ring (bicyclic) bond motifs is 1. The van der Waals surface area contributed by atoms with Crippen molar-refractivity contribution < 1.29 is 19.3 Å². The van der Waals surface area contributed by atoms with Crippen LogP contribution in [0.5, 0.6) is 17.2 Å². The molecule has 0 bridgehead atoms. The number of nitrogens with one attached hydrogen (secondary N) is 1. The normalized spacial score (nSPS) is 15.4. The summed E-state index contributed by atoms with van der Waals surface area (Å²) in [6, 6.07) is 3.71. The summed E-state index contributed by atoms with van der Waals surface area (Å²) in [5, 5.41) is 18.8. The highest BCUT2D eigenvalue weighted by atomic mass is 16.5. The molecule has 12 nitrogen and oxygen atoms in total. The molecule has 196 valence electrons. The van der Waals surface area contributed by atoms with Gasteiger partial charge in [-0.1, -0.05) is 0 Å². The summed E-state index contributed by atoms with van der Waals surface area (Å²) in [5.74, 6) is 3.38. The van der Waals surface area contributed by atoms with Gasteiger partial charge in [-0.2, -0.15) is 15.1 Å². The molecule has 37 heavy (non-hydrogen) atoms. The van der Waals surface area contributed by atoms with Crippen LogP contribution in [0.2, 0.25) is 0 Å². The van der Waals surface area contributed by atoms with Crippen LogP contribution in [0.3, 0.4) is 0 Å². The van der Waals surface area contributed by atoms with Crippen LogP contribution >= 0.6 is 0 Å². The number of aryl methyl sites for hydroxylation is 2. The zero-order valence-corrected chi connectivity index (χ0v) is 21.7. The van der Waals surface area contributed by atoms with Crippen LogP contribution in [0, 0.1) is 6.92 Å². The van der Waals surface area contributed by atoms with Gasteiger partial charge >= 0.3 is 0 Å². The molecule has 1 fully saturated rings. The largest absolute Gasteiger partial charge is 0.493 e. The van der Waals surface area contributed by atoms with Crippen molar-refractivity contribution in [2.75, 3.05) is 44.7 Å². The quantitative estimate of drug-likeness (QED) is 0.348. The lowest BCUT2D eigenvalue weighted by Crippen LogP contribution is -2.33. The first kappa shape index (κ1) is 24.6. The number of aliphatic hydroxyl groups is 1. The molecule has 4 aromatic rings. The molecule has 0 radical (unpaired) electrons. The maximum Gasteiger partial charge on any atom is 0.232 e. The highest BCUT2D eigenvalue weighted by molar-refractivity contribution is 5.91. The number of rotatable bonds is 9. The number of methoxy groups -OCH3 is 3. The van der Waals surface area contributed by atoms with Crippen molar-refractivity contribution in [1.29, 1.82) is 0 Å². The van der Waals surface area contributed by atoms with E-state index < -0.39 is 0 Å². The van der Waals surface area contributed by atoms with E-state index >= 15 is 0 Å². The lowest BCUT2D eigenvalue weighted by atomic mass is 10.2. The molecule has 1 unspecified atom stereocenters. The summed E-state index contributed by atoms with van der Waals surface area (Å²) < 4.78 is 20.1. The van der Waals surface area contributed by atoms with Gasteiger partial charge in [-0.3, -0.25) is 0 Å². The third-order valence-electron chi connectivity index (χ3n) is 6.68.